The standard InChI is InChI=1S/C17H16O4/c18-9-14-6-7-16-17(8-14)20-12-15(21-16)11-19-10-13-4-2-1-3-5-13/h1-9,15H,10-12H2/t15-/m0/s1. The molecule has 0 aliphatic carbocycles. The van der Waals surface area contributed by atoms with E-state index in [2.05, 4.69) is 0 Å². The Morgan fingerprint density at radius 3 is 2.81 bits per heavy atom. The van der Waals surface area contributed by atoms with Gasteiger partial charge in [-0.25, -0.2) is 0 Å². The molecule has 21 heavy (non-hydrogen) atoms. The van der Waals surface area contributed by atoms with E-state index < -0.39 is 0 Å². The molecule has 1 aliphatic heterocycles. The quantitative estimate of drug-likeness (QED) is 0.792. The monoisotopic (exact) mass is 284 g/mol. The lowest BCUT2D eigenvalue weighted by Gasteiger charge is -2.26. The first kappa shape index (κ1) is 13.6. The van der Waals surface area contributed by atoms with Gasteiger partial charge in [0.15, 0.2) is 17.6 Å². The molecule has 1 atom stereocenters. The number of hydrogen-bond acceptors (Lipinski definition) is 4. The molecule has 0 N–H and O–H groups in total. The van der Waals surface area contributed by atoms with Crippen LogP contribution in [-0.4, -0.2) is 25.6 Å². The van der Waals surface area contributed by atoms with Crippen LogP contribution in [0.3, 0.4) is 0 Å². The first-order valence-electron chi connectivity index (χ1n) is 6.85. The highest BCUT2D eigenvalue weighted by Crippen LogP contribution is 2.32. The van der Waals surface area contributed by atoms with Crippen molar-refractivity contribution in [3.8, 4) is 11.5 Å². The first-order chi connectivity index (χ1) is 10.3. The molecular weight excluding hydrogens is 268 g/mol. The highest BCUT2D eigenvalue weighted by molar-refractivity contribution is 5.76. The number of hydrogen-bond donors (Lipinski definition) is 0. The van der Waals surface area contributed by atoms with Gasteiger partial charge < -0.3 is 14.2 Å². The second kappa shape index (κ2) is 6.41. The number of carbonyl (C=O) groups is 1. The topological polar surface area (TPSA) is 44.8 Å². The van der Waals surface area contributed by atoms with Crippen molar-refractivity contribution in [3.63, 3.8) is 0 Å². The van der Waals surface area contributed by atoms with Gasteiger partial charge in [0.2, 0.25) is 0 Å². The fraction of sp³-hybridized carbons (Fsp3) is 0.235. The average Bonchev–Trinajstić information content (AvgIpc) is 2.55. The normalized spacial score (nSPS) is 16.5. The van der Waals surface area contributed by atoms with Crippen molar-refractivity contribution in [2.24, 2.45) is 0 Å². The van der Waals surface area contributed by atoms with Crippen molar-refractivity contribution in [1.82, 2.24) is 0 Å². The maximum atomic E-state index is 10.7. The average molecular weight is 284 g/mol. The van der Waals surface area contributed by atoms with E-state index in [9.17, 15) is 4.79 Å². The lowest BCUT2D eigenvalue weighted by atomic mass is 10.2. The number of rotatable bonds is 5. The summed E-state index contributed by atoms with van der Waals surface area (Å²) in [5, 5.41) is 0. The number of fused-ring (bicyclic) bond motifs is 1. The zero-order valence-corrected chi connectivity index (χ0v) is 11.5. The van der Waals surface area contributed by atoms with E-state index in [-0.39, 0.29) is 6.10 Å². The minimum atomic E-state index is -0.136. The maximum Gasteiger partial charge on any atom is 0.162 e. The summed E-state index contributed by atoms with van der Waals surface area (Å²) < 4.78 is 17.1. The van der Waals surface area contributed by atoms with Gasteiger partial charge in [0, 0.05) is 5.56 Å². The molecule has 4 nitrogen and oxygen atoms in total. The van der Waals surface area contributed by atoms with Crippen LogP contribution in [0.1, 0.15) is 15.9 Å². The van der Waals surface area contributed by atoms with Crippen LogP contribution in [0.15, 0.2) is 48.5 Å². The molecule has 4 heteroatoms. The molecule has 0 unspecified atom stereocenters. The molecule has 0 saturated heterocycles. The summed E-state index contributed by atoms with van der Waals surface area (Å²) >= 11 is 0. The Morgan fingerprint density at radius 1 is 1.14 bits per heavy atom. The van der Waals surface area contributed by atoms with Crippen LogP contribution in [0.5, 0.6) is 11.5 Å². The molecule has 0 amide bonds. The molecule has 0 spiro atoms. The molecule has 0 fully saturated rings. The maximum absolute atomic E-state index is 10.7. The van der Waals surface area contributed by atoms with Crippen LogP contribution in [0.2, 0.25) is 0 Å². The summed E-state index contributed by atoms with van der Waals surface area (Å²) in [6, 6.07) is 15.1. The molecule has 108 valence electrons. The summed E-state index contributed by atoms with van der Waals surface area (Å²) in [6.45, 7) is 1.44. The Bertz CT molecular complexity index is 609. The van der Waals surface area contributed by atoms with Gasteiger partial charge in [0.25, 0.3) is 0 Å². The minimum absolute atomic E-state index is 0.136. The number of ether oxygens (including phenoxy) is 3. The summed E-state index contributed by atoms with van der Waals surface area (Å²) in [5.74, 6) is 1.26. The zero-order chi connectivity index (χ0) is 14.5. The van der Waals surface area contributed by atoms with Crippen molar-refractivity contribution in [2.45, 2.75) is 12.7 Å². The van der Waals surface area contributed by atoms with E-state index >= 15 is 0 Å². The van der Waals surface area contributed by atoms with Crippen molar-refractivity contribution < 1.29 is 19.0 Å². The Hall–Kier alpha value is -2.33. The fourth-order valence-corrected chi connectivity index (χ4v) is 2.17. The molecule has 0 radical (unpaired) electrons. The highest BCUT2D eigenvalue weighted by atomic mass is 16.6. The van der Waals surface area contributed by atoms with E-state index in [1.54, 1.807) is 18.2 Å². The summed E-state index contributed by atoms with van der Waals surface area (Å²) in [4.78, 5) is 10.7. The van der Waals surface area contributed by atoms with Gasteiger partial charge in [0.05, 0.1) is 13.2 Å². The second-order valence-corrected chi connectivity index (χ2v) is 4.88. The first-order valence-corrected chi connectivity index (χ1v) is 6.85. The Balaban J connectivity index is 1.53. The third-order valence-electron chi connectivity index (χ3n) is 3.24. The molecule has 1 heterocycles. The Labute approximate surface area is 123 Å². The van der Waals surface area contributed by atoms with Gasteiger partial charge in [0.1, 0.15) is 12.9 Å². The summed E-state index contributed by atoms with van der Waals surface area (Å²) in [7, 11) is 0. The smallest absolute Gasteiger partial charge is 0.162 e. The van der Waals surface area contributed by atoms with Crippen molar-refractivity contribution in [1.29, 1.82) is 0 Å². The van der Waals surface area contributed by atoms with Crippen LogP contribution >= 0.6 is 0 Å². The van der Waals surface area contributed by atoms with Crippen molar-refractivity contribution >= 4 is 6.29 Å². The summed E-state index contributed by atoms with van der Waals surface area (Å²) in [5.41, 5.74) is 1.71. The van der Waals surface area contributed by atoms with Crippen LogP contribution in [0, 0.1) is 0 Å². The van der Waals surface area contributed by atoms with Gasteiger partial charge in [-0.05, 0) is 23.8 Å². The van der Waals surface area contributed by atoms with Gasteiger partial charge in [-0.1, -0.05) is 30.3 Å². The third kappa shape index (κ3) is 3.41. The SMILES string of the molecule is O=Cc1ccc2c(c1)OC[C@H](COCc1ccccc1)O2. The lowest BCUT2D eigenvalue weighted by Crippen LogP contribution is -2.33. The van der Waals surface area contributed by atoms with Crippen molar-refractivity contribution in [2.75, 3.05) is 13.2 Å². The summed E-state index contributed by atoms with van der Waals surface area (Å²) in [6.07, 6.45) is 0.655. The van der Waals surface area contributed by atoms with E-state index in [4.69, 9.17) is 14.2 Å². The van der Waals surface area contributed by atoms with Crippen molar-refractivity contribution in [3.05, 3.63) is 59.7 Å². The Kier molecular flexibility index (Phi) is 4.17. The van der Waals surface area contributed by atoms with E-state index in [0.29, 0.717) is 36.9 Å². The van der Waals surface area contributed by atoms with E-state index in [0.717, 1.165) is 11.8 Å². The second-order valence-electron chi connectivity index (χ2n) is 4.88. The lowest BCUT2D eigenvalue weighted by molar-refractivity contribution is 0.00269. The molecule has 0 bridgehead atoms. The van der Waals surface area contributed by atoms with Crippen LogP contribution in [0.4, 0.5) is 0 Å². The predicted octanol–water partition coefficient (Wildman–Crippen LogP) is 2.86. The van der Waals surface area contributed by atoms with Gasteiger partial charge in [-0.15, -0.1) is 0 Å². The fourth-order valence-electron chi connectivity index (χ4n) is 2.17. The predicted molar refractivity (Wildman–Crippen MR) is 77.8 cm³/mol. The largest absolute Gasteiger partial charge is 0.486 e. The minimum Gasteiger partial charge on any atom is -0.486 e. The zero-order valence-electron chi connectivity index (χ0n) is 11.5. The van der Waals surface area contributed by atoms with E-state index in [1.807, 2.05) is 30.3 Å². The molecule has 0 saturated carbocycles. The number of carbonyl (C=O) groups excluding carboxylic acids is 1. The van der Waals surface area contributed by atoms with E-state index in [1.165, 1.54) is 0 Å². The molecule has 2 aromatic carbocycles. The molecule has 1 aliphatic rings. The molecule has 2 aromatic rings. The van der Waals surface area contributed by atoms with Gasteiger partial charge in [-0.3, -0.25) is 4.79 Å². The Morgan fingerprint density at radius 2 is 2.00 bits per heavy atom. The molecular formula is C17H16O4. The van der Waals surface area contributed by atoms with Crippen LogP contribution in [0.25, 0.3) is 0 Å². The highest BCUT2D eigenvalue weighted by Gasteiger charge is 2.21. The van der Waals surface area contributed by atoms with Crippen LogP contribution < -0.4 is 9.47 Å². The number of benzene rings is 2. The third-order valence-corrected chi connectivity index (χ3v) is 3.24. The van der Waals surface area contributed by atoms with Gasteiger partial charge in [-0.2, -0.15) is 0 Å². The van der Waals surface area contributed by atoms with Crippen LogP contribution in [-0.2, 0) is 11.3 Å². The molecule has 3 rings (SSSR count). The van der Waals surface area contributed by atoms with Gasteiger partial charge >= 0.3 is 0 Å². The number of aldehydes is 1. The molecule has 0 aromatic heterocycles.